The Bertz CT molecular complexity index is 714. The summed E-state index contributed by atoms with van der Waals surface area (Å²) in [6.45, 7) is 4.74. The standard InChI is InChI=1S/C19H22N2O4/c1-3-12-25-17-10-8-15(9-11-17)20-19(23)21-16-7-5-6-14(13-16)18(22)24-4-2/h5-11,13H,3-4,12H2,1-2H3,(H2,20,21,23). The van der Waals surface area contributed by atoms with Crippen LogP contribution in [-0.4, -0.2) is 25.2 Å². The molecule has 6 nitrogen and oxygen atoms in total. The molecular weight excluding hydrogens is 320 g/mol. The number of amides is 2. The number of hydrogen-bond donors (Lipinski definition) is 2. The smallest absolute Gasteiger partial charge is 0.338 e. The van der Waals surface area contributed by atoms with Crippen molar-refractivity contribution in [2.75, 3.05) is 23.8 Å². The lowest BCUT2D eigenvalue weighted by Gasteiger charge is -2.10. The highest BCUT2D eigenvalue weighted by Crippen LogP contribution is 2.17. The zero-order valence-corrected chi connectivity index (χ0v) is 14.4. The average Bonchev–Trinajstić information content (AvgIpc) is 2.61. The predicted molar refractivity (Wildman–Crippen MR) is 97.3 cm³/mol. The molecule has 2 rings (SSSR count). The van der Waals surface area contributed by atoms with E-state index in [2.05, 4.69) is 10.6 Å². The number of carbonyl (C=O) groups is 2. The van der Waals surface area contributed by atoms with E-state index < -0.39 is 12.0 Å². The molecular formula is C19H22N2O4. The van der Waals surface area contributed by atoms with Crippen molar-refractivity contribution in [3.8, 4) is 5.75 Å². The van der Waals surface area contributed by atoms with E-state index in [-0.39, 0.29) is 0 Å². The van der Waals surface area contributed by atoms with Crippen LogP contribution in [0.3, 0.4) is 0 Å². The molecule has 0 aromatic heterocycles. The number of rotatable bonds is 7. The molecule has 132 valence electrons. The van der Waals surface area contributed by atoms with Crippen molar-refractivity contribution in [1.29, 1.82) is 0 Å². The molecule has 25 heavy (non-hydrogen) atoms. The third-order valence-electron chi connectivity index (χ3n) is 3.22. The van der Waals surface area contributed by atoms with Gasteiger partial charge in [-0.1, -0.05) is 13.0 Å². The summed E-state index contributed by atoms with van der Waals surface area (Å²) in [5.74, 6) is 0.337. The van der Waals surface area contributed by atoms with Crippen molar-refractivity contribution in [1.82, 2.24) is 0 Å². The highest BCUT2D eigenvalue weighted by molar-refractivity contribution is 6.00. The van der Waals surface area contributed by atoms with Crippen LogP contribution in [0.4, 0.5) is 16.2 Å². The second-order valence-electron chi connectivity index (χ2n) is 5.25. The maximum atomic E-state index is 12.1. The number of anilines is 2. The molecule has 0 aliphatic carbocycles. The van der Waals surface area contributed by atoms with E-state index in [1.165, 1.54) is 0 Å². The second kappa shape index (κ2) is 9.32. The Labute approximate surface area is 147 Å². The highest BCUT2D eigenvalue weighted by Gasteiger charge is 2.08. The quantitative estimate of drug-likeness (QED) is 0.736. The van der Waals surface area contributed by atoms with Crippen molar-refractivity contribution in [2.45, 2.75) is 20.3 Å². The van der Waals surface area contributed by atoms with Crippen molar-refractivity contribution < 1.29 is 19.1 Å². The summed E-state index contributed by atoms with van der Waals surface area (Å²) in [6.07, 6.45) is 0.938. The molecule has 0 spiro atoms. The van der Waals surface area contributed by atoms with Gasteiger partial charge in [0.15, 0.2) is 0 Å². The van der Waals surface area contributed by atoms with Crippen LogP contribution in [0.15, 0.2) is 48.5 Å². The molecule has 0 unspecified atom stereocenters. The molecule has 2 N–H and O–H groups in total. The molecule has 2 aromatic rings. The fraction of sp³-hybridized carbons (Fsp3) is 0.263. The van der Waals surface area contributed by atoms with Gasteiger partial charge in [-0.2, -0.15) is 0 Å². The molecule has 0 aliphatic rings. The molecule has 2 amide bonds. The second-order valence-corrected chi connectivity index (χ2v) is 5.25. The largest absolute Gasteiger partial charge is 0.494 e. The Morgan fingerprint density at radius 2 is 1.68 bits per heavy atom. The van der Waals surface area contributed by atoms with Gasteiger partial charge in [0.05, 0.1) is 18.8 Å². The average molecular weight is 342 g/mol. The lowest BCUT2D eigenvalue weighted by Crippen LogP contribution is -2.19. The summed E-state index contributed by atoms with van der Waals surface area (Å²) in [5.41, 5.74) is 1.53. The zero-order chi connectivity index (χ0) is 18.1. The molecule has 0 radical (unpaired) electrons. The molecule has 0 aliphatic heterocycles. The Balaban J connectivity index is 1.93. The Morgan fingerprint density at radius 3 is 2.36 bits per heavy atom. The van der Waals surface area contributed by atoms with Gasteiger partial charge in [0.25, 0.3) is 0 Å². The van der Waals surface area contributed by atoms with Crippen molar-refractivity contribution in [3.05, 3.63) is 54.1 Å². The number of nitrogens with one attached hydrogen (secondary N) is 2. The maximum Gasteiger partial charge on any atom is 0.338 e. The number of urea groups is 1. The van der Waals surface area contributed by atoms with Crippen LogP contribution < -0.4 is 15.4 Å². The first kappa shape index (κ1) is 18.3. The van der Waals surface area contributed by atoms with E-state index in [9.17, 15) is 9.59 Å². The van der Waals surface area contributed by atoms with Crippen molar-refractivity contribution in [2.24, 2.45) is 0 Å². The van der Waals surface area contributed by atoms with Crippen molar-refractivity contribution in [3.63, 3.8) is 0 Å². The number of carbonyl (C=O) groups excluding carboxylic acids is 2. The third kappa shape index (κ3) is 5.84. The fourth-order valence-electron chi connectivity index (χ4n) is 2.09. The van der Waals surface area contributed by atoms with Gasteiger partial charge < -0.3 is 20.1 Å². The minimum Gasteiger partial charge on any atom is -0.494 e. The number of benzene rings is 2. The molecule has 6 heteroatoms. The first-order valence-electron chi connectivity index (χ1n) is 8.20. The van der Waals surface area contributed by atoms with E-state index in [1.54, 1.807) is 55.5 Å². The van der Waals surface area contributed by atoms with E-state index in [0.717, 1.165) is 12.2 Å². The van der Waals surface area contributed by atoms with Gasteiger partial charge in [-0.25, -0.2) is 9.59 Å². The van der Waals surface area contributed by atoms with Crippen LogP contribution in [0.2, 0.25) is 0 Å². The maximum absolute atomic E-state index is 12.1. The first-order valence-corrected chi connectivity index (χ1v) is 8.20. The van der Waals surface area contributed by atoms with Crippen LogP contribution in [0.25, 0.3) is 0 Å². The lowest BCUT2D eigenvalue weighted by molar-refractivity contribution is 0.0526. The normalized spacial score (nSPS) is 10.0. The van der Waals surface area contributed by atoms with Gasteiger partial charge in [0, 0.05) is 11.4 Å². The van der Waals surface area contributed by atoms with E-state index in [0.29, 0.717) is 30.2 Å². The van der Waals surface area contributed by atoms with Gasteiger partial charge in [0.2, 0.25) is 0 Å². The molecule has 0 saturated heterocycles. The zero-order valence-electron chi connectivity index (χ0n) is 14.4. The summed E-state index contributed by atoms with van der Waals surface area (Å²) in [4.78, 5) is 23.8. The summed E-state index contributed by atoms with van der Waals surface area (Å²) < 4.78 is 10.4. The minimum atomic E-state index is -0.422. The summed E-state index contributed by atoms with van der Waals surface area (Å²) in [6, 6.07) is 13.3. The molecule has 2 aromatic carbocycles. The van der Waals surface area contributed by atoms with Gasteiger partial charge in [0.1, 0.15) is 5.75 Å². The summed E-state index contributed by atoms with van der Waals surface area (Å²) in [5, 5.41) is 5.41. The first-order chi connectivity index (χ1) is 12.1. The Kier molecular flexibility index (Phi) is 6.83. The van der Waals surface area contributed by atoms with Gasteiger partial charge >= 0.3 is 12.0 Å². The van der Waals surface area contributed by atoms with Gasteiger partial charge in [-0.15, -0.1) is 0 Å². The number of esters is 1. The van der Waals surface area contributed by atoms with Gasteiger partial charge in [-0.05, 0) is 55.8 Å². The number of ether oxygens (including phenoxy) is 2. The summed E-state index contributed by atoms with van der Waals surface area (Å²) in [7, 11) is 0. The highest BCUT2D eigenvalue weighted by atomic mass is 16.5. The van der Waals surface area contributed by atoms with Crippen LogP contribution in [0, 0.1) is 0 Å². The molecule has 0 heterocycles. The van der Waals surface area contributed by atoms with E-state index in [1.807, 2.05) is 6.92 Å². The van der Waals surface area contributed by atoms with E-state index >= 15 is 0 Å². The Morgan fingerprint density at radius 1 is 0.960 bits per heavy atom. The molecule has 0 fully saturated rings. The van der Waals surface area contributed by atoms with E-state index in [4.69, 9.17) is 9.47 Å². The van der Waals surface area contributed by atoms with Crippen LogP contribution in [0.1, 0.15) is 30.6 Å². The topological polar surface area (TPSA) is 76.7 Å². The minimum absolute atomic E-state index is 0.301. The lowest BCUT2D eigenvalue weighted by atomic mass is 10.2. The fourth-order valence-corrected chi connectivity index (χ4v) is 2.09. The third-order valence-corrected chi connectivity index (χ3v) is 3.22. The van der Waals surface area contributed by atoms with Crippen molar-refractivity contribution >= 4 is 23.4 Å². The molecule has 0 saturated carbocycles. The summed E-state index contributed by atoms with van der Waals surface area (Å²) >= 11 is 0. The van der Waals surface area contributed by atoms with Crippen LogP contribution >= 0.6 is 0 Å². The Hall–Kier alpha value is -3.02. The molecule has 0 bridgehead atoms. The molecule has 0 atom stereocenters. The van der Waals surface area contributed by atoms with Crippen LogP contribution in [-0.2, 0) is 4.74 Å². The van der Waals surface area contributed by atoms with Crippen LogP contribution in [0.5, 0.6) is 5.75 Å². The SMILES string of the molecule is CCCOc1ccc(NC(=O)Nc2cccc(C(=O)OCC)c2)cc1. The monoisotopic (exact) mass is 342 g/mol. The number of hydrogen-bond acceptors (Lipinski definition) is 4. The van der Waals surface area contributed by atoms with Gasteiger partial charge in [-0.3, -0.25) is 0 Å². The predicted octanol–water partition coefficient (Wildman–Crippen LogP) is 4.30.